The van der Waals surface area contributed by atoms with Crippen molar-refractivity contribution in [2.45, 2.75) is 43.0 Å². The van der Waals surface area contributed by atoms with Gasteiger partial charge < -0.3 is 14.8 Å². The van der Waals surface area contributed by atoms with E-state index >= 15 is 0 Å². The fourth-order valence-electron chi connectivity index (χ4n) is 5.77. The van der Waals surface area contributed by atoms with Gasteiger partial charge in [-0.25, -0.2) is 12.7 Å². The van der Waals surface area contributed by atoms with Crippen LogP contribution in [0.15, 0.2) is 78.0 Å². The van der Waals surface area contributed by atoms with Crippen molar-refractivity contribution in [3.8, 4) is 5.75 Å². The van der Waals surface area contributed by atoms with Gasteiger partial charge in [0, 0.05) is 31.3 Å². The molecule has 2 aliphatic heterocycles. The second kappa shape index (κ2) is 13.5. The number of pyridine rings is 1. The molecule has 3 aromatic rings. The van der Waals surface area contributed by atoms with Crippen molar-refractivity contribution in [1.29, 1.82) is 0 Å². The predicted molar refractivity (Wildman–Crippen MR) is 163 cm³/mol. The second-order valence-corrected chi connectivity index (χ2v) is 12.6. The predicted octanol–water partition coefficient (Wildman–Crippen LogP) is 4.17. The van der Waals surface area contributed by atoms with Gasteiger partial charge in [0.15, 0.2) is 12.4 Å². The average Bonchev–Trinajstić information content (AvgIpc) is 3.02. The lowest BCUT2D eigenvalue weighted by Gasteiger charge is -2.40. The minimum absolute atomic E-state index is 0.00213. The van der Waals surface area contributed by atoms with E-state index in [9.17, 15) is 18.4 Å². The summed E-state index contributed by atoms with van der Waals surface area (Å²) in [5, 5.41) is 11.4. The Hall–Kier alpha value is -3.73. The standard InChI is InChI=1S/C32H38N4O5S/c1-41-29-11-13-30(14-12-29)42(39,40)36(31-8-4-3-7-27(31)10-9-26-15-23-35(38)24-16-26)32(37)25-33-21-17-28(18-22-33)34-19-5-2-6-20-34/h3-4,7-16,23-24,28H,2,5-6,17-22,25H2,1H3/b10-9+. The Morgan fingerprint density at radius 3 is 2.29 bits per heavy atom. The quantitative estimate of drug-likeness (QED) is 0.273. The van der Waals surface area contributed by atoms with Gasteiger partial charge in [-0.1, -0.05) is 36.8 Å². The van der Waals surface area contributed by atoms with Crippen LogP contribution >= 0.6 is 0 Å². The molecule has 2 aromatic carbocycles. The molecule has 42 heavy (non-hydrogen) atoms. The number of para-hydroxylation sites is 1. The van der Waals surface area contributed by atoms with Gasteiger partial charge in [0.05, 0.1) is 24.2 Å². The summed E-state index contributed by atoms with van der Waals surface area (Å²) in [5.74, 6) is 0.0178. The van der Waals surface area contributed by atoms with Crippen molar-refractivity contribution in [2.24, 2.45) is 0 Å². The molecule has 3 heterocycles. The highest BCUT2D eigenvalue weighted by molar-refractivity contribution is 7.93. The molecule has 0 N–H and O–H groups in total. The monoisotopic (exact) mass is 590 g/mol. The lowest BCUT2D eigenvalue weighted by Crippen LogP contribution is -2.50. The Morgan fingerprint density at radius 1 is 0.952 bits per heavy atom. The highest BCUT2D eigenvalue weighted by atomic mass is 32.2. The van der Waals surface area contributed by atoms with Crippen molar-refractivity contribution >= 4 is 33.8 Å². The molecule has 0 saturated carbocycles. The molecule has 0 unspecified atom stereocenters. The van der Waals surface area contributed by atoms with E-state index in [2.05, 4.69) is 9.80 Å². The van der Waals surface area contributed by atoms with E-state index in [-0.39, 0.29) is 17.1 Å². The number of nitrogens with zero attached hydrogens (tertiary/aromatic N) is 4. The largest absolute Gasteiger partial charge is 0.619 e. The zero-order chi connectivity index (χ0) is 29.5. The number of aromatic nitrogens is 1. The van der Waals surface area contributed by atoms with Crippen LogP contribution in [0.2, 0.25) is 0 Å². The first kappa shape index (κ1) is 29.8. The Morgan fingerprint density at radius 2 is 1.62 bits per heavy atom. The lowest BCUT2D eigenvalue weighted by atomic mass is 10.00. The number of carbonyl (C=O) groups excluding carboxylic acids is 1. The SMILES string of the molecule is COc1ccc(S(=O)(=O)N(C(=O)CN2CCC(N3CCCCC3)CC2)c2ccccc2/C=C/c2cc[n+]([O-])cc2)cc1. The number of anilines is 1. The number of rotatable bonds is 9. The highest BCUT2D eigenvalue weighted by Gasteiger charge is 2.34. The van der Waals surface area contributed by atoms with Crippen LogP contribution in [0, 0.1) is 5.21 Å². The maximum atomic E-state index is 14.1. The molecule has 0 spiro atoms. The van der Waals surface area contributed by atoms with Crippen LogP contribution in [-0.4, -0.2) is 70.0 Å². The van der Waals surface area contributed by atoms with E-state index in [1.807, 2.05) is 0 Å². The molecule has 5 rings (SSSR count). The smallest absolute Gasteiger partial charge is 0.270 e. The van der Waals surface area contributed by atoms with Crippen molar-refractivity contribution < 1.29 is 22.7 Å². The third-order valence-electron chi connectivity index (χ3n) is 8.09. The van der Waals surface area contributed by atoms with Crippen LogP contribution in [0.5, 0.6) is 5.75 Å². The number of likely N-dealkylation sites (tertiary alicyclic amines) is 2. The maximum absolute atomic E-state index is 14.1. The number of ether oxygens (including phenoxy) is 1. The van der Waals surface area contributed by atoms with Crippen molar-refractivity contribution in [3.05, 3.63) is 89.4 Å². The van der Waals surface area contributed by atoms with Gasteiger partial charge in [-0.2, -0.15) is 4.73 Å². The van der Waals surface area contributed by atoms with E-state index in [4.69, 9.17) is 4.74 Å². The fraction of sp³-hybridized carbons (Fsp3) is 0.375. The number of benzene rings is 2. The molecule has 222 valence electrons. The van der Waals surface area contributed by atoms with E-state index in [1.165, 1.54) is 50.9 Å². The van der Waals surface area contributed by atoms with Crippen molar-refractivity contribution in [3.63, 3.8) is 0 Å². The topological polar surface area (TPSA) is 97.1 Å². The molecular formula is C32H38N4O5S. The summed E-state index contributed by atoms with van der Waals surface area (Å²) < 4.78 is 35.1. The summed E-state index contributed by atoms with van der Waals surface area (Å²) in [6.07, 6.45) is 12.1. The Balaban J connectivity index is 1.42. The van der Waals surface area contributed by atoms with Gasteiger partial charge >= 0.3 is 0 Å². The van der Waals surface area contributed by atoms with Crippen LogP contribution in [-0.2, 0) is 14.8 Å². The summed E-state index contributed by atoms with van der Waals surface area (Å²) in [6, 6.07) is 16.9. The van der Waals surface area contributed by atoms with Crippen LogP contribution < -0.4 is 13.8 Å². The first-order chi connectivity index (χ1) is 20.3. The molecule has 0 bridgehead atoms. The van der Waals surface area contributed by atoms with Crippen molar-refractivity contribution in [1.82, 2.24) is 9.80 Å². The van der Waals surface area contributed by atoms with E-state index in [1.54, 1.807) is 60.7 Å². The molecule has 1 amide bonds. The Kier molecular flexibility index (Phi) is 9.56. The van der Waals surface area contributed by atoms with Gasteiger partial charge in [0.25, 0.3) is 15.9 Å². The molecule has 1 aromatic heterocycles. The van der Waals surface area contributed by atoms with Crippen molar-refractivity contribution in [2.75, 3.05) is 44.1 Å². The Bertz CT molecular complexity index is 1480. The molecule has 10 heteroatoms. The molecule has 0 radical (unpaired) electrons. The molecule has 9 nitrogen and oxygen atoms in total. The summed E-state index contributed by atoms with van der Waals surface area (Å²) >= 11 is 0. The summed E-state index contributed by atoms with van der Waals surface area (Å²) in [5.41, 5.74) is 1.60. The first-order valence-electron chi connectivity index (χ1n) is 14.5. The molecular weight excluding hydrogens is 552 g/mol. The van der Waals surface area contributed by atoms with Gasteiger partial charge in [0.2, 0.25) is 0 Å². The van der Waals surface area contributed by atoms with Crippen LogP contribution in [0.3, 0.4) is 0 Å². The molecule has 2 saturated heterocycles. The summed E-state index contributed by atoms with van der Waals surface area (Å²) in [6.45, 7) is 3.78. The maximum Gasteiger partial charge on any atom is 0.270 e. The van der Waals surface area contributed by atoms with E-state index < -0.39 is 15.9 Å². The lowest BCUT2D eigenvalue weighted by molar-refractivity contribution is -0.605. The van der Waals surface area contributed by atoms with Gasteiger partial charge in [0.1, 0.15) is 5.75 Å². The third-order valence-corrected chi connectivity index (χ3v) is 9.83. The van der Waals surface area contributed by atoms with E-state index in [0.717, 1.165) is 48.9 Å². The number of amides is 1. The minimum atomic E-state index is -4.25. The van der Waals surface area contributed by atoms with Crippen LogP contribution in [0.1, 0.15) is 43.2 Å². The molecule has 0 atom stereocenters. The molecule has 0 aliphatic carbocycles. The number of piperidine rings is 2. The van der Waals surface area contributed by atoms with Gasteiger partial charge in [-0.3, -0.25) is 9.69 Å². The van der Waals surface area contributed by atoms with Crippen LogP contribution in [0.4, 0.5) is 5.69 Å². The zero-order valence-corrected chi connectivity index (χ0v) is 24.8. The minimum Gasteiger partial charge on any atom is -0.619 e. The van der Waals surface area contributed by atoms with Crippen LogP contribution in [0.25, 0.3) is 12.2 Å². The third kappa shape index (κ3) is 7.00. The number of sulfonamides is 1. The average molecular weight is 591 g/mol. The zero-order valence-electron chi connectivity index (χ0n) is 24.0. The second-order valence-electron chi connectivity index (χ2n) is 10.8. The Labute approximate surface area is 248 Å². The summed E-state index contributed by atoms with van der Waals surface area (Å²) in [7, 11) is -2.74. The highest BCUT2D eigenvalue weighted by Crippen LogP contribution is 2.30. The number of carbonyl (C=O) groups is 1. The normalized spacial score (nSPS) is 17.4. The summed E-state index contributed by atoms with van der Waals surface area (Å²) in [4.78, 5) is 18.7. The number of methoxy groups -OCH3 is 1. The van der Waals surface area contributed by atoms with Gasteiger partial charge in [-0.15, -0.1) is 0 Å². The molecule has 2 aliphatic rings. The number of hydrogen-bond donors (Lipinski definition) is 0. The van der Waals surface area contributed by atoms with Gasteiger partial charge in [-0.05, 0) is 80.2 Å². The first-order valence-corrected chi connectivity index (χ1v) is 15.9. The molecule has 2 fully saturated rings. The number of hydrogen-bond acceptors (Lipinski definition) is 7. The fourth-order valence-corrected chi connectivity index (χ4v) is 7.21. The van der Waals surface area contributed by atoms with E-state index in [0.29, 0.717) is 22.1 Å².